The van der Waals surface area contributed by atoms with Crippen molar-refractivity contribution in [2.75, 3.05) is 0 Å². The van der Waals surface area contributed by atoms with Crippen molar-refractivity contribution in [2.45, 2.75) is 19.9 Å². The lowest BCUT2D eigenvalue weighted by Crippen LogP contribution is -2.22. The van der Waals surface area contributed by atoms with Crippen molar-refractivity contribution in [3.05, 3.63) is 52.8 Å². The van der Waals surface area contributed by atoms with E-state index in [-0.39, 0.29) is 18.5 Å². The van der Waals surface area contributed by atoms with Crippen LogP contribution in [0.2, 0.25) is 0 Å². The molecular weight excluding hydrogens is 336 g/mol. The van der Waals surface area contributed by atoms with Gasteiger partial charge in [-0.05, 0) is 19.1 Å². The number of pyridine rings is 2. The van der Waals surface area contributed by atoms with Gasteiger partial charge in [-0.25, -0.2) is 4.52 Å². The summed E-state index contributed by atoms with van der Waals surface area (Å²) in [6.07, 6.45) is 4.80. The molecule has 0 saturated carbocycles. The van der Waals surface area contributed by atoms with Crippen molar-refractivity contribution >= 4 is 22.6 Å². The molecule has 1 N–H and O–H groups in total. The van der Waals surface area contributed by atoms with Gasteiger partial charge in [-0.15, -0.1) is 10.2 Å². The molecule has 0 bridgehead atoms. The van der Waals surface area contributed by atoms with Crippen LogP contribution in [0.3, 0.4) is 0 Å². The predicted octanol–water partition coefficient (Wildman–Crippen LogP) is 1.28. The van der Waals surface area contributed by atoms with E-state index in [9.17, 15) is 9.59 Å². The third-order valence-corrected chi connectivity index (χ3v) is 4.12. The maximum Gasteiger partial charge on any atom is 0.305 e. The van der Waals surface area contributed by atoms with Crippen LogP contribution in [0.1, 0.15) is 12.1 Å². The minimum absolute atomic E-state index is 0.0726. The van der Waals surface area contributed by atoms with Gasteiger partial charge >= 0.3 is 5.97 Å². The van der Waals surface area contributed by atoms with Crippen LogP contribution in [0.4, 0.5) is 0 Å². The summed E-state index contributed by atoms with van der Waals surface area (Å²) < 4.78 is 2.87. The van der Waals surface area contributed by atoms with Crippen LogP contribution in [0, 0.1) is 6.92 Å². The molecule has 4 aromatic heterocycles. The summed E-state index contributed by atoms with van der Waals surface area (Å²) >= 11 is 0. The van der Waals surface area contributed by atoms with E-state index in [0.717, 1.165) is 16.8 Å². The zero-order valence-corrected chi connectivity index (χ0v) is 13.8. The normalized spacial score (nSPS) is 11.3. The number of fused-ring (bicyclic) bond motifs is 3. The Morgan fingerprint density at radius 2 is 2.04 bits per heavy atom. The van der Waals surface area contributed by atoms with Crippen LogP contribution in [-0.2, 0) is 11.3 Å². The smallest absolute Gasteiger partial charge is 0.305 e. The monoisotopic (exact) mass is 350 g/mol. The molecule has 0 unspecified atom stereocenters. The van der Waals surface area contributed by atoms with Gasteiger partial charge in [0.1, 0.15) is 5.52 Å². The van der Waals surface area contributed by atoms with Crippen LogP contribution in [0.15, 0.2) is 41.6 Å². The lowest BCUT2D eigenvalue weighted by Gasteiger charge is -2.06. The van der Waals surface area contributed by atoms with Crippen molar-refractivity contribution in [1.29, 1.82) is 0 Å². The molecule has 0 saturated heterocycles. The molecule has 9 heteroatoms. The Morgan fingerprint density at radius 3 is 2.77 bits per heavy atom. The largest absolute Gasteiger partial charge is 0.481 e. The minimum Gasteiger partial charge on any atom is -0.481 e. The average molecular weight is 350 g/mol. The van der Waals surface area contributed by atoms with Gasteiger partial charge < -0.3 is 9.67 Å². The first-order valence-corrected chi connectivity index (χ1v) is 7.93. The molecule has 0 fully saturated rings. The summed E-state index contributed by atoms with van der Waals surface area (Å²) in [6.45, 7) is 1.98. The second-order valence-electron chi connectivity index (χ2n) is 5.87. The number of aliphatic carboxylic acids is 1. The second-order valence-corrected chi connectivity index (χ2v) is 5.87. The van der Waals surface area contributed by atoms with Gasteiger partial charge in [-0.3, -0.25) is 14.6 Å². The highest BCUT2D eigenvalue weighted by Gasteiger charge is 2.14. The lowest BCUT2D eigenvalue weighted by molar-refractivity contribution is -0.137. The molecule has 130 valence electrons. The highest BCUT2D eigenvalue weighted by molar-refractivity contribution is 5.82. The van der Waals surface area contributed by atoms with E-state index < -0.39 is 11.5 Å². The molecular formula is C17H14N6O3. The Hall–Kier alpha value is -3.62. The summed E-state index contributed by atoms with van der Waals surface area (Å²) in [5.41, 5.74) is 3.30. The fourth-order valence-electron chi connectivity index (χ4n) is 2.75. The molecule has 0 aliphatic rings. The van der Waals surface area contributed by atoms with Crippen molar-refractivity contribution in [3.8, 4) is 11.1 Å². The number of nitrogens with zero attached hydrogens (tertiary/aromatic N) is 6. The zero-order valence-electron chi connectivity index (χ0n) is 13.8. The molecule has 26 heavy (non-hydrogen) atoms. The number of carboxylic acids is 1. The van der Waals surface area contributed by atoms with E-state index in [1.54, 1.807) is 29.2 Å². The highest BCUT2D eigenvalue weighted by atomic mass is 16.4. The van der Waals surface area contributed by atoms with Gasteiger partial charge in [0.25, 0.3) is 5.56 Å². The number of aromatic nitrogens is 6. The van der Waals surface area contributed by atoms with Gasteiger partial charge in [-0.2, -0.15) is 5.10 Å². The van der Waals surface area contributed by atoms with E-state index in [4.69, 9.17) is 5.11 Å². The molecule has 4 aromatic rings. The van der Waals surface area contributed by atoms with Crippen molar-refractivity contribution in [2.24, 2.45) is 0 Å². The molecule has 0 aliphatic heterocycles. The Balaban J connectivity index is 1.86. The number of hydrogen-bond donors (Lipinski definition) is 1. The maximum absolute atomic E-state index is 12.5. The first-order chi connectivity index (χ1) is 12.5. The van der Waals surface area contributed by atoms with Gasteiger partial charge in [0.15, 0.2) is 11.2 Å². The van der Waals surface area contributed by atoms with Crippen molar-refractivity contribution in [1.82, 2.24) is 29.4 Å². The first kappa shape index (κ1) is 15.9. The van der Waals surface area contributed by atoms with Crippen LogP contribution in [0.25, 0.3) is 27.8 Å². The van der Waals surface area contributed by atoms with Gasteiger partial charge in [0.05, 0.1) is 18.2 Å². The molecule has 0 aromatic carbocycles. The number of carboxylic acid groups (broad SMARTS) is 1. The Kier molecular flexibility index (Phi) is 3.68. The second kappa shape index (κ2) is 6.03. The molecule has 0 spiro atoms. The highest BCUT2D eigenvalue weighted by Crippen LogP contribution is 2.23. The van der Waals surface area contributed by atoms with Gasteiger partial charge in [0.2, 0.25) is 0 Å². The predicted molar refractivity (Wildman–Crippen MR) is 92.8 cm³/mol. The summed E-state index contributed by atoms with van der Waals surface area (Å²) in [5.74, 6) is -0.970. The average Bonchev–Trinajstić information content (AvgIpc) is 3.06. The Morgan fingerprint density at radius 1 is 1.19 bits per heavy atom. The first-order valence-electron chi connectivity index (χ1n) is 7.93. The van der Waals surface area contributed by atoms with E-state index >= 15 is 0 Å². The van der Waals surface area contributed by atoms with E-state index in [1.807, 2.05) is 19.1 Å². The number of aryl methyl sites for hydroxylation is 2. The third kappa shape index (κ3) is 2.59. The molecule has 4 heterocycles. The van der Waals surface area contributed by atoms with Crippen LogP contribution < -0.4 is 5.56 Å². The molecule has 0 atom stereocenters. The zero-order chi connectivity index (χ0) is 18.3. The standard InChI is InChI=1S/C17H14N6O3/c1-10-2-3-11(8-18-10)12-9-19-23-13-4-6-22(7-5-14(24)25)17(26)15(13)20-21-16(12)23/h2-4,6,8-9H,5,7H2,1H3,(H,24,25). The van der Waals surface area contributed by atoms with Gasteiger partial charge in [0, 0.05) is 30.2 Å². The SMILES string of the molecule is Cc1ccc(-c2cnn3c2nnc2c(=O)n(CCC(=O)O)ccc23)cn1. The fraction of sp³-hybridized carbons (Fsp3) is 0.176. The molecule has 9 nitrogen and oxygen atoms in total. The summed E-state index contributed by atoms with van der Waals surface area (Å²) in [4.78, 5) is 27.5. The molecule has 0 aliphatic carbocycles. The Bertz CT molecular complexity index is 1190. The number of hydrogen-bond acceptors (Lipinski definition) is 6. The lowest BCUT2D eigenvalue weighted by atomic mass is 10.1. The molecule has 0 radical (unpaired) electrons. The number of carbonyl (C=O) groups is 1. The Labute approximate surface area is 146 Å². The van der Waals surface area contributed by atoms with E-state index in [0.29, 0.717) is 11.2 Å². The summed E-state index contributed by atoms with van der Waals surface area (Å²) in [7, 11) is 0. The van der Waals surface area contributed by atoms with Crippen LogP contribution in [-0.4, -0.2) is 40.4 Å². The molecule has 4 rings (SSSR count). The topological polar surface area (TPSA) is 115 Å². The maximum atomic E-state index is 12.5. The van der Waals surface area contributed by atoms with E-state index in [2.05, 4.69) is 20.3 Å². The van der Waals surface area contributed by atoms with Crippen LogP contribution in [0.5, 0.6) is 0 Å². The molecule has 0 amide bonds. The van der Waals surface area contributed by atoms with Gasteiger partial charge in [-0.1, -0.05) is 6.07 Å². The third-order valence-electron chi connectivity index (χ3n) is 4.12. The summed E-state index contributed by atoms with van der Waals surface area (Å²) in [5, 5.41) is 21.3. The summed E-state index contributed by atoms with van der Waals surface area (Å²) in [6, 6.07) is 5.51. The fourth-order valence-corrected chi connectivity index (χ4v) is 2.75. The minimum atomic E-state index is -0.970. The van der Waals surface area contributed by atoms with Crippen molar-refractivity contribution in [3.63, 3.8) is 0 Å². The van der Waals surface area contributed by atoms with Crippen molar-refractivity contribution < 1.29 is 9.90 Å². The number of rotatable bonds is 4. The van der Waals surface area contributed by atoms with E-state index in [1.165, 1.54) is 4.57 Å². The van der Waals surface area contributed by atoms with Crippen LogP contribution >= 0.6 is 0 Å². The quantitative estimate of drug-likeness (QED) is 0.589.